The maximum Gasteiger partial charge on any atom is 0.417 e. The fourth-order valence-electron chi connectivity index (χ4n) is 2.60. The van der Waals surface area contributed by atoms with E-state index in [2.05, 4.69) is 9.71 Å². The molecule has 0 saturated carbocycles. The van der Waals surface area contributed by atoms with Gasteiger partial charge in [0.25, 0.3) is 10.0 Å². The molecule has 0 aliphatic carbocycles. The van der Waals surface area contributed by atoms with Gasteiger partial charge in [-0.1, -0.05) is 6.07 Å². The number of nitrogens with one attached hydrogen (secondary N) is 2. The molecule has 3 rings (SSSR count). The summed E-state index contributed by atoms with van der Waals surface area (Å²) in [6.45, 7) is 3.70. The van der Waals surface area contributed by atoms with Crippen LogP contribution in [-0.2, 0) is 10.0 Å². The van der Waals surface area contributed by atoms with Gasteiger partial charge in [0, 0.05) is 6.07 Å². The lowest BCUT2D eigenvalue weighted by Crippen LogP contribution is -2.14. The quantitative estimate of drug-likeness (QED) is 0.754. The third kappa shape index (κ3) is 2.88. The Kier molecular flexibility index (Phi) is 3.84. The summed E-state index contributed by atoms with van der Waals surface area (Å²) >= 11 is 0. The number of hydrogen-bond donors (Lipinski definition) is 2. The predicted octanol–water partition coefficient (Wildman–Crippen LogP) is 2.55. The van der Waals surface area contributed by atoms with Gasteiger partial charge in [-0.25, -0.2) is 13.2 Å². The Balaban J connectivity index is 2.06. The number of sulfonamides is 1. The van der Waals surface area contributed by atoms with Crippen molar-refractivity contribution in [3.8, 4) is 5.75 Å². The number of fused-ring (bicyclic) bond motifs is 1. The van der Waals surface area contributed by atoms with Crippen LogP contribution in [0.5, 0.6) is 5.75 Å². The highest BCUT2D eigenvalue weighted by molar-refractivity contribution is 7.92. The van der Waals surface area contributed by atoms with Crippen molar-refractivity contribution >= 4 is 26.8 Å². The Morgan fingerprint density at radius 2 is 1.92 bits per heavy atom. The van der Waals surface area contributed by atoms with E-state index >= 15 is 0 Å². The standard InChI is InChI=1S/C16H16N2O5S/c1-9-6-10(2)15(22-3)13(7-9)18-24(20,21)11-4-5-12-14(8-11)23-16(19)17-12/h4-8,18H,1-3H3,(H,17,19). The molecular weight excluding hydrogens is 332 g/mol. The summed E-state index contributed by atoms with van der Waals surface area (Å²) in [5.74, 6) is -0.179. The Bertz CT molecular complexity index is 1080. The van der Waals surface area contributed by atoms with Gasteiger partial charge < -0.3 is 9.15 Å². The minimum Gasteiger partial charge on any atom is -0.494 e. The lowest BCUT2D eigenvalue weighted by molar-refractivity contribution is 0.413. The third-order valence-electron chi connectivity index (χ3n) is 3.57. The van der Waals surface area contributed by atoms with Gasteiger partial charge in [-0.2, -0.15) is 0 Å². The summed E-state index contributed by atoms with van der Waals surface area (Å²) in [6.07, 6.45) is 0. The average Bonchev–Trinajstić information content (AvgIpc) is 2.85. The number of methoxy groups -OCH3 is 1. The topological polar surface area (TPSA) is 101 Å². The molecular formula is C16H16N2O5S. The number of rotatable bonds is 4. The molecule has 0 spiro atoms. The van der Waals surface area contributed by atoms with E-state index in [1.165, 1.54) is 25.3 Å². The van der Waals surface area contributed by atoms with E-state index in [-0.39, 0.29) is 10.5 Å². The summed E-state index contributed by atoms with van der Waals surface area (Å²) in [4.78, 5) is 13.6. The number of aromatic nitrogens is 1. The molecule has 0 aliphatic rings. The van der Waals surface area contributed by atoms with Gasteiger partial charge in [0.2, 0.25) is 0 Å². The molecule has 0 amide bonds. The minimum absolute atomic E-state index is 0.0148. The maximum atomic E-state index is 12.6. The number of H-pyrrole nitrogens is 1. The first kappa shape index (κ1) is 16.1. The summed E-state index contributed by atoms with van der Waals surface area (Å²) in [6, 6.07) is 7.76. The van der Waals surface area contributed by atoms with Crippen LogP contribution in [0.15, 0.2) is 44.4 Å². The molecule has 0 fully saturated rings. The average molecular weight is 348 g/mol. The molecule has 0 radical (unpaired) electrons. The van der Waals surface area contributed by atoms with Gasteiger partial charge in [0.1, 0.15) is 5.75 Å². The zero-order valence-corrected chi connectivity index (χ0v) is 14.2. The Morgan fingerprint density at radius 1 is 1.17 bits per heavy atom. The van der Waals surface area contributed by atoms with Gasteiger partial charge in [0.05, 0.1) is 23.2 Å². The van der Waals surface area contributed by atoms with Crippen LogP contribution in [0, 0.1) is 13.8 Å². The second-order valence-corrected chi connectivity index (χ2v) is 7.12. The van der Waals surface area contributed by atoms with E-state index < -0.39 is 15.8 Å². The molecule has 2 N–H and O–H groups in total. The molecule has 7 nitrogen and oxygen atoms in total. The molecule has 2 aromatic carbocycles. The second-order valence-electron chi connectivity index (χ2n) is 5.44. The van der Waals surface area contributed by atoms with Crippen LogP contribution in [0.2, 0.25) is 0 Å². The van der Waals surface area contributed by atoms with Crippen molar-refractivity contribution in [3.63, 3.8) is 0 Å². The highest BCUT2D eigenvalue weighted by Gasteiger charge is 2.19. The van der Waals surface area contributed by atoms with Crippen molar-refractivity contribution in [1.82, 2.24) is 4.98 Å². The summed E-state index contributed by atoms with van der Waals surface area (Å²) in [5.41, 5.74) is 2.68. The molecule has 0 bridgehead atoms. The van der Waals surface area contributed by atoms with Crippen molar-refractivity contribution in [2.75, 3.05) is 11.8 Å². The molecule has 1 aromatic heterocycles. The number of ether oxygens (including phenoxy) is 1. The fraction of sp³-hybridized carbons (Fsp3) is 0.188. The van der Waals surface area contributed by atoms with E-state index in [1.54, 1.807) is 6.07 Å². The van der Waals surface area contributed by atoms with Crippen molar-refractivity contribution in [2.24, 2.45) is 0 Å². The SMILES string of the molecule is COc1c(C)cc(C)cc1NS(=O)(=O)c1ccc2[nH]c(=O)oc2c1. The molecule has 0 atom stereocenters. The summed E-state index contributed by atoms with van der Waals surface area (Å²) in [7, 11) is -2.39. The first-order chi connectivity index (χ1) is 11.3. The maximum absolute atomic E-state index is 12.6. The molecule has 8 heteroatoms. The number of aromatic amines is 1. The Morgan fingerprint density at radius 3 is 2.62 bits per heavy atom. The van der Waals surface area contributed by atoms with Crippen LogP contribution < -0.4 is 15.2 Å². The van der Waals surface area contributed by atoms with Gasteiger partial charge in [-0.15, -0.1) is 0 Å². The number of oxazole rings is 1. The van der Waals surface area contributed by atoms with Crippen LogP contribution >= 0.6 is 0 Å². The summed E-state index contributed by atoms with van der Waals surface area (Å²) in [5, 5.41) is 0. The van der Waals surface area contributed by atoms with Gasteiger partial charge in [0.15, 0.2) is 5.58 Å². The zero-order valence-electron chi connectivity index (χ0n) is 13.3. The molecule has 24 heavy (non-hydrogen) atoms. The van der Waals surface area contributed by atoms with Crippen molar-refractivity contribution in [3.05, 3.63) is 52.0 Å². The predicted molar refractivity (Wildman–Crippen MR) is 90.1 cm³/mol. The van der Waals surface area contributed by atoms with E-state index in [9.17, 15) is 13.2 Å². The van der Waals surface area contributed by atoms with Crippen LogP contribution in [0.4, 0.5) is 5.69 Å². The molecule has 126 valence electrons. The highest BCUT2D eigenvalue weighted by Crippen LogP contribution is 2.32. The largest absolute Gasteiger partial charge is 0.494 e. The number of benzene rings is 2. The molecule has 3 aromatic rings. The zero-order chi connectivity index (χ0) is 17.5. The monoisotopic (exact) mass is 348 g/mol. The highest BCUT2D eigenvalue weighted by atomic mass is 32.2. The third-order valence-corrected chi connectivity index (χ3v) is 4.93. The lowest BCUT2D eigenvalue weighted by Gasteiger charge is -2.15. The fourth-order valence-corrected chi connectivity index (χ4v) is 3.67. The first-order valence-electron chi connectivity index (χ1n) is 7.11. The van der Waals surface area contributed by atoms with Gasteiger partial charge in [-0.3, -0.25) is 9.71 Å². The van der Waals surface area contributed by atoms with E-state index in [4.69, 9.17) is 9.15 Å². The number of anilines is 1. The van der Waals surface area contributed by atoms with Crippen molar-refractivity contribution in [1.29, 1.82) is 0 Å². The molecule has 0 aliphatic heterocycles. The van der Waals surface area contributed by atoms with Crippen molar-refractivity contribution < 1.29 is 17.6 Å². The van der Waals surface area contributed by atoms with Gasteiger partial charge >= 0.3 is 5.76 Å². The molecule has 0 saturated heterocycles. The van der Waals surface area contributed by atoms with Crippen LogP contribution in [0.25, 0.3) is 11.1 Å². The molecule has 0 unspecified atom stereocenters. The Labute approximate surface area is 138 Å². The van der Waals surface area contributed by atoms with E-state index in [0.29, 0.717) is 17.0 Å². The van der Waals surface area contributed by atoms with Crippen LogP contribution in [0.3, 0.4) is 0 Å². The molecule has 1 heterocycles. The van der Waals surface area contributed by atoms with Gasteiger partial charge in [-0.05, 0) is 43.2 Å². The number of aryl methyl sites for hydroxylation is 2. The minimum atomic E-state index is -3.87. The summed E-state index contributed by atoms with van der Waals surface area (Å²) < 4.78 is 38.0. The van der Waals surface area contributed by atoms with Crippen LogP contribution in [0.1, 0.15) is 11.1 Å². The normalized spacial score (nSPS) is 11.6. The second kappa shape index (κ2) is 5.72. The van der Waals surface area contributed by atoms with E-state index in [0.717, 1.165) is 11.1 Å². The number of hydrogen-bond acceptors (Lipinski definition) is 5. The lowest BCUT2D eigenvalue weighted by atomic mass is 10.1. The first-order valence-corrected chi connectivity index (χ1v) is 8.59. The smallest absolute Gasteiger partial charge is 0.417 e. The van der Waals surface area contributed by atoms with E-state index in [1.807, 2.05) is 19.9 Å². The Hall–Kier alpha value is -2.74. The van der Waals surface area contributed by atoms with Crippen molar-refractivity contribution in [2.45, 2.75) is 18.7 Å². The van der Waals surface area contributed by atoms with Crippen LogP contribution in [-0.4, -0.2) is 20.5 Å².